The molecular formula is C67H68Cl4F3I2K2N17O8. The van der Waals surface area contributed by atoms with Crippen LogP contribution in [0.2, 0.25) is 15.1 Å². The summed E-state index contributed by atoms with van der Waals surface area (Å²) in [5.41, 5.74) is 6.69. The number of anilines is 3. The average Bonchev–Trinajstić information content (AvgIpc) is 1.51. The minimum Gasteiger partial charge on any atom is -1.00 e. The number of carbonyl (C=O) groups excluding carboxylic acids is 4. The number of benzene rings is 3. The van der Waals surface area contributed by atoms with Gasteiger partial charge in [-0.3, -0.25) is 24.3 Å². The summed E-state index contributed by atoms with van der Waals surface area (Å²) in [6.45, 7) is 16.3. The summed E-state index contributed by atoms with van der Waals surface area (Å²) in [5, 5.41) is 28.3. The van der Waals surface area contributed by atoms with Crippen molar-refractivity contribution in [3.05, 3.63) is 179 Å². The van der Waals surface area contributed by atoms with Crippen molar-refractivity contribution in [1.29, 1.82) is 0 Å². The van der Waals surface area contributed by atoms with Gasteiger partial charge < -0.3 is 49.8 Å². The standard InChI is InChI=1S/C23H22ClFN6O2.C20H20ClFIN5O.C14H17Cl2FN2O.C6H4IN3.C3H3NO.CH2O3.2K.H/c1-14-10-19(18(25)11-17(14)24)29-7-8-30(15(2)12-29)20(32)13-31-22-16(4-3-5-26-22)21(28-31)23-27-6-9-33-23;1-12-8-17(16(22)9-15(12)21)26-6-7-27(13(2)10-26)18(29)11-28-20-14(19(23)25-28)4-3-5-24-20;1-9-5-13(12(17)6-11(9)16)18-3-4-19(10(2)8-18)14(20)7-15;7-5-4-2-1-3-8-6(4)10-9-5;1-2-5-3-4-1;2-1-4-3;;;/h3-6,9-11,15H,7-8,12-13H2,1-2H3;3-5,8-9,13H,6-7,10-11H2,1-2H3;5-6,10H,3-4,7-8H2,1-2H3;1-3H,(H,8,9,10);1-3H;1,3H;;;/q;;;;;;2*+1;-1/p-1/t15-;13-;10-;;;;;;/m000....../s1. The number of rotatable bonds is 10. The van der Waals surface area contributed by atoms with Gasteiger partial charge in [-0.1, -0.05) is 34.8 Å². The van der Waals surface area contributed by atoms with Crippen LogP contribution in [-0.2, 0) is 37.2 Å². The van der Waals surface area contributed by atoms with Crippen LogP contribution in [0.3, 0.4) is 0 Å². The Hall–Kier alpha value is -5.14. The Kier molecular flexibility index (Phi) is 33.6. The number of fused-ring (bicyclic) bond motifs is 3. The van der Waals surface area contributed by atoms with Crippen LogP contribution in [-0.4, -0.2) is 176 Å². The maximum Gasteiger partial charge on any atom is 1.00 e. The Morgan fingerprint density at radius 3 is 1.46 bits per heavy atom. The molecule has 0 unspecified atom stereocenters. The topological polar surface area (TPSA) is 275 Å². The average molecular weight is 1770 g/mol. The third-order valence-corrected chi connectivity index (χ3v) is 19.6. The van der Waals surface area contributed by atoms with Gasteiger partial charge in [0.25, 0.3) is 6.47 Å². The van der Waals surface area contributed by atoms with E-state index in [-0.39, 0.29) is 183 Å². The fourth-order valence-corrected chi connectivity index (χ4v) is 13.3. The Bertz CT molecular complexity index is 4640. The molecular weight excluding hydrogens is 1700 g/mol. The first kappa shape index (κ1) is 85.1. The fraction of sp³-hybridized carbons (Fsp3) is 0.313. The summed E-state index contributed by atoms with van der Waals surface area (Å²) in [6, 6.07) is 20.5. The molecule has 0 saturated carbocycles. The number of H-pyrrole nitrogens is 1. The van der Waals surface area contributed by atoms with Crippen LogP contribution in [0.5, 0.6) is 0 Å². The van der Waals surface area contributed by atoms with Crippen molar-refractivity contribution in [3.63, 3.8) is 0 Å². The minimum absolute atomic E-state index is 0. The normalized spacial score (nSPS) is 15.5. The molecule has 3 atom stereocenters. The number of amides is 3. The number of nitrogens with zero attached hydrogens (tertiary/aromatic N) is 16. The number of aromatic amines is 1. The number of alkyl halides is 1. The minimum atomic E-state index is -0.356. The van der Waals surface area contributed by atoms with Crippen LogP contribution in [0, 0.1) is 45.6 Å². The predicted octanol–water partition coefficient (Wildman–Crippen LogP) is 5.65. The number of halogens is 9. The predicted molar refractivity (Wildman–Crippen MR) is 394 cm³/mol. The Labute approximate surface area is 724 Å². The van der Waals surface area contributed by atoms with Crippen molar-refractivity contribution in [2.45, 2.75) is 72.8 Å². The Morgan fingerprint density at radius 2 is 1.06 bits per heavy atom. The summed E-state index contributed by atoms with van der Waals surface area (Å²) < 4.78 is 57.9. The number of pyridine rings is 3. The van der Waals surface area contributed by atoms with Gasteiger partial charge in [0.2, 0.25) is 23.6 Å². The zero-order valence-electron chi connectivity index (χ0n) is 58.2. The molecule has 3 aliphatic heterocycles. The van der Waals surface area contributed by atoms with Crippen molar-refractivity contribution in [3.8, 4) is 11.6 Å². The van der Waals surface area contributed by atoms with Gasteiger partial charge in [0.05, 0.1) is 45.6 Å². The maximum atomic E-state index is 14.5. The van der Waals surface area contributed by atoms with Gasteiger partial charge in [-0.2, -0.15) is 15.3 Å². The first-order chi connectivity index (χ1) is 48.5. The van der Waals surface area contributed by atoms with E-state index in [1.54, 1.807) is 68.3 Å². The number of hydrogen-bond donors (Lipinski definition) is 1. The Balaban J connectivity index is 0.000000217. The molecule has 0 radical (unpaired) electrons. The second kappa shape index (κ2) is 40.7. The van der Waals surface area contributed by atoms with Gasteiger partial charge in [0, 0.05) is 111 Å². The van der Waals surface area contributed by atoms with Gasteiger partial charge in [0.1, 0.15) is 56.3 Å². The van der Waals surface area contributed by atoms with Gasteiger partial charge >= 0.3 is 103 Å². The van der Waals surface area contributed by atoms with Crippen molar-refractivity contribution < 1.29 is 156 Å². The zero-order chi connectivity index (χ0) is 72.6. The SMILES string of the molecule is Cc1cc(N2CCN(C(=O)CCl)[C@@H](C)C2)c(F)cc1Cl.Cc1cc(N2CCN(C(=O)Cn3nc(-c4ncco4)c4cccnc43)[C@@H](C)C2)c(F)cc1Cl.Cc1cc(N2CCN(C(=O)Cn3nc(I)c4cccnc43)[C@@H](C)C2)c(F)cc1Cl.Ic1[nH]nc2ncccc12.O=CO[O-].[H-].[K+].[K+].c1cocn1. The van der Waals surface area contributed by atoms with E-state index in [0.29, 0.717) is 114 Å². The van der Waals surface area contributed by atoms with Crippen molar-refractivity contribution in [2.24, 2.45) is 0 Å². The number of carbonyl (C=O) groups is 4. The monoisotopic (exact) mass is 1770 g/mol. The van der Waals surface area contributed by atoms with E-state index in [2.05, 4.69) is 99.8 Å². The van der Waals surface area contributed by atoms with Gasteiger partial charge in [-0.05, 0) is 176 Å². The molecule has 11 aromatic rings. The molecule has 1 N–H and O–H groups in total. The van der Waals surface area contributed by atoms with Gasteiger partial charge in [0.15, 0.2) is 29.0 Å². The molecule has 3 amide bonds. The molecule has 3 fully saturated rings. The first-order valence-corrected chi connectivity index (χ1v) is 35.1. The third-order valence-electron chi connectivity index (χ3n) is 16.5. The van der Waals surface area contributed by atoms with Crippen LogP contribution >= 0.6 is 91.6 Å². The summed E-state index contributed by atoms with van der Waals surface area (Å²) >= 11 is 27.9. The second-order valence-corrected chi connectivity index (χ2v) is 26.8. The van der Waals surface area contributed by atoms with Crippen LogP contribution < -0.4 is 123 Å². The Morgan fingerprint density at radius 1 is 0.621 bits per heavy atom. The number of oxazole rings is 2. The molecule has 36 heteroatoms. The number of nitrogens with one attached hydrogen (secondary N) is 1. The second-order valence-electron chi connectivity index (χ2n) is 23.3. The number of piperazine rings is 3. The van der Waals surface area contributed by atoms with Crippen LogP contribution in [0.15, 0.2) is 132 Å². The number of hydrogen-bond acceptors (Lipinski definition) is 19. The van der Waals surface area contributed by atoms with E-state index in [0.717, 1.165) is 45.9 Å². The van der Waals surface area contributed by atoms with E-state index in [4.69, 9.17) is 60.9 Å². The molecule has 3 aliphatic rings. The molecule has 8 aromatic heterocycles. The fourth-order valence-electron chi connectivity index (χ4n) is 11.5. The van der Waals surface area contributed by atoms with Crippen LogP contribution in [0.1, 0.15) is 38.9 Å². The molecule has 11 heterocycles. The smallest absolute Gasteiger partial charge is 1.00 e. The summed E-state index contributed by atoms with van der Waals surface area (Å²) in [6.07, 6.45) is 12.6. The van der Waals surface area contributed by atoms with E-state index in [1.807, 2.05) is 97.5 Å². The summed E-state index contributed by atoms with van der Waals surface area (Å²) in [4.78, 5) is 80.9. The number of aryl methyl sites for hydroxylation is 3. The quantitative estimate of drug-likeness (QED) is 0.0432. The molecule has 0 aliphatic carbocycles. The molecule has 25 nitrogen and oxygen atoms in total. The molecule has 534 valence electrons. The molecule has 0 spiro atoms. The largest absolute Gasteiger partial charge is 1.00 e. The van der Waals surface area contributed by atoms with Crippen LogP contribution in [0.25, 0.3) is 44.7 Å². The molecule has 3 saturated heterocycles. The van der Waals surface area contributed by atoms with Gasteiger partial charge in [-0.25, -0.2) is 47.5 Å². The zero-order valence-corrected chi connectivity index (χ0v) is 70.7. The molecule has 103 heavy (non-hydrogen) atoms. The molecule has 0 bridgehead atoms. The van der Waals surface area contributed by atoms with Crippen molar-refractivity contribution in [1.82, 2.24) is 69.4 Å². The van der Waals surface area contributed by atoms with Gasteiger partial charge in [-0.15, -0.1) is 11.6 Å². The third kappa shape index (κ3) is 22.0. The number of aromatic nitrogens is 11. The van der Waals surface area contributed by atoms with Crippen molar-refractivity contribution in [2.75, 3.05) is 79.5 Å². The summed E-state index contributed by atoms with van der Waals surface area (Å²) in [5.74, 6) is -0.834. The van der Waals surface area contributed by atoms with E-state index >= 15 is 0 Å². The van der Waals surface area contributed by atoms with E-state index in [9.17, 15) is 27.6 Å². The van der Waals surface area contributed by atoms with Crippen LogP contribution in [0.4, 0.5) is 30.2 Å². The maximum absolute atomic E-state index is 14.5. The van der Waals surface area contributed by atoms with E-state index in [1.165, 1.54) is 37.1 Å². The van der Waals surface area contributed by atoms with E-state index < -0.39 is 0 Å². The molecule has 3 aromatic carbocycles. The molecule has 14 rings (SSSR count). The van der Waals surface area contributed by atoms with Crippen molar-refractivity contribution >= 4 is 166 Å². The summed E-state index contributed by atoms with van der Waals surface area (Å²) in [7, 11) is 0. The first-order valence-electron chi connectivity index (χ1n) is 31.2.